The third kappa shape index (κ3) is 2.74. The first-order chi connectivity index (χ1) is 15.2. The van der Waals surface area contributed by atoms with Gasteiger partial charge in [0.05, 0.1) is 24.3 Å². The zero-order valence-electron chi connectivity index (χ0n) is 16.8. The van der Waals surface area contributed by atoms with Gasteiger partial charge in [-0.25, -0.2) is 0 Å². The van der Waals surface area contributed by atoms with Crippen LogP contribution in [0.1, 0.15) is 39.0 Å². The van der Waals surface area contributed by atoms with Crippen molar-refractivity contribution >= 4 is 11.9 Å². The Morgan fingerprint density at radius 2 is 1.45 bits per heavy atom. The average Bonchev–Trinajstić information content (AvgIpc) is 3.15. The van der Waals surface area contributed by atoms with Crippen LogP contribution in [0.4, 0.5) is 0 Å². The molecule has 1 fully saturated rings. The van der Waals surface area contributed by atoms with Crippen molar-refractivity contribution in [3.63, 3.8) is 0 Å². The number of ketones is 1. The number of fused-ring (bicyclic) bond motifs is 3. The van der Waals surface area contributed by atoms with Crippen LogP contribution in [0, 0.1) is 28.1 Å². The Kier molecular flexibility index (Phi) is 4.51. The molecule has 0 saturated carbocycles. The number of hydrogen-bond donors (Lipinski definition) is 1. The highest BCUT2D eigenvalue weighted by Crippen LogP contribution is 2.51. The SMILES string of the molecule is N#CC1(C#N)[C@H](c2ccccc2)[C@@H](C(=O)c2ccccc2)[NH+]2C=Cc3ccccc3[C@@H]21. The summed E-state index contributed by atoms with van der Waals surface area (Å²) in [5, 5.41) is 20.9. The number of carbonyl (C=O) groups excluding carboxylic acids is 1. The van der Waals surface area contributed by atoms with Crippen LogP contribution in [0.25, 0.3) is 6.08 Å². The summed E-state index contributed by atoms with van der Waals surface area (Å²) in [6.07, 6.45) is 3.96. The summed E-state index contributed by atoms with van der Waals surface area (Å²) in [7, 11) is 0. The highest BCUT2D eigenvalue weighted by molar-refractivity contribution is 6.00. The highest BCUT2D eigenvalue weighted by atomic mass is 16.1. The lowest BCUT2D eigenvalue weighted by molar-refractivity contribution is -0.885. The number of benzene rings is 3. The molecule has 2 aliphatic heterocycles. The van der Waals surface area contributed by atoms with Crippen molar-refractivity contribution < 1.29 is 9.69 Å². The first kappa shape index (κ1) is 19.0. The normalized spacial score (nSPS) is 25.0. The number of nitrogens with one attached hydrogen (secondary N) is 1. The number of quaternary nitrogens is 1. The van der Waals surface area contributed by atoms with Crippen molar-refractivity contribution in [1.29, 1.82) is 10.5 Å². The molecule has 0 aliphatic carbocycles. The quantitative estimate of drug-likeness (QED) is 0.680. The molecule has 0 spiro atoms. The number of nitriles is 2. The van der Waals surface area contributed by atoms with Crippen molar-refractivity contribution in [3.05, 3.63) is 113 Å². The Balaban J connectivity index is 1.78. The zero-order valence-corrected chi connectivity index (χ0v) is 16.8. The molecule has 31 heavy (non-hydrogen) atoms. The van der Waals surface area contributed by atoms with Crippen LogP contribution in [0.15, 0.2) is 91.1 Å². The summed E-state index contributed by atoms with van der Waals surface area (Å²) in [5.41, 5.74) is 1.98. The summed E-state index contributed by atoms with van der Waals surface area (Å²) >= 11 is 0. The molecule has 3 aromatic carbocycles. The van der Waals surface area contributed by atoms with E-state index in [-0.39, 0.29) is 5.78 Å². The molecule has 4 nitrogen and oxygen atoms in total. The topological polar surface area (TPSA) is 69.1 Å². The monoisotopic (exact) mass is 402 g/mol. The minimum absolute atomic E-state index is 0.0501. The van der Waals surface area contributed by atoms with Gasteiger partial charge in [0.25, 0.3) is 0 Å². The molecule has 1 unspecified atom stereocenters. The van der Waals surface area contributed by atoms with Gasteiger partial charge in [0, 0.05) is 11.1 Å². The molecular formula is C27H20N3O+. The van der Waals surface area contributed by atoms with Gasteiger partial charge in [0.15, 0.2) is 12.1 Å². The molecule has 0 radical (unpaired) electrons. The van der Waals surface area contributed by atoms with Gasteiger partial charge in [-0.2, -0.15) is 10.5 Å². The summed E-state index contributed by atoms with van der Waals surface area (Å²) in [6, 6.07) is 30.3. The molecule has 4 atom stereocenters. The van der Waals surface area contributed by atoms with E-state index in [4.69, 9.17) is 0 Å². The Hall–Kier alpha value is -3.99. The predicted octanol–water partition coefficient (Wildman–Crippen LogP) is 3.68. The number of rotatable bonds is 3. The van der Waals surface area contributed by atoms with E-state index in [1.54, 1.807) is 12.1 Å². The Morgan fingerprint density at radius 3 is 2.13 bits per heavy atom. The fourth-order valence-corrected chi connectivity index (χ4v) is 5.31. The lowest BCUT2D eigenvalue weighted by Gasteiger charge is -2.29. The summed E-state index contributed by atoms with van der Waals surface area (Å²) in [4.78, 5) is 14.7. The smallest absolute Gasteiger partial charge is 0.221 e. The van der Waals surface area contributed by atoms with Gasteiger partial charge in [0.1, 0.15) is 0 Å². The molecule has 1 saturated heterocycles. The Labute approximate surface area is 181 Å². The Morgan fingerprint density at radius 1 is 0.839 bits per heavy atom. The maximum Gasteiger partial charge on any atom is 0.221 e. The van der Waals surface area contributed by atoms with E-state index in [0.29, 0.717) is 5.56 Å². The molecule has 3 aromatic rings. The number of carbonyl (C=O) groups is 1. The number of Topliss-reactive ketones (excluding diaryl/α,β-unsaturated/α-hetero) is 1. The van der Waals surface area contributed by atoms with E-state index in [2.05, 4.69) is 12.1 Å². The maximum atomic E-state index is 13.8. The zero-order chi connectivity index (χ0) is 21.4. The largest absolute Gasteiger partial charge is 0.291 e. The van der Waals surface area contributed by atoms with Gasteiger partial charge in [-0.1, -0.05) is 84.9 Å². The van der Waals surface area contributed by atoms with Crippen molar-refractivity contribution in [2.75, 3.05) is 0 Å². The van der Waals surface area contributed by atoms with Crippen LogP contribution in [0.3, 0.4) is 0 Å². The number of nitrogens with zero attached hydrogens (tertiary/aromatic N) is 2. The summed E-state index contributed by atoms with van der Waals surface area (Å²) in [6.45, 7) is 0. The maximum absolute atomic E-state index is 13.8. The van der Waals surface area contributed by atoms with Crippen LogP contribution < -0.4 is 4.90 Å². The summed E-state index contributed by atoms with van der Waals surface area (Å²) < 4.78 is 0. The van der Waals surface area contributed by atoms with Gasteiger partial charge >= 0.3 is 0 Å². The van der Waals surface area contributed by atoms with Gasteiger partial charge in [-0.05, 0) is 17.2 Å². The van der Waals surface area contributed by atoms with Crippen LogP contribution in [0.2, 0.25) is 0 Å². The standard InChI is InChI=1S/C27H19N3O/c28-17-27(18-29)23(20-10-3-1-4-11-20)24(25(31)21-12-5-2-6-13-21)30-16-15-19-9-7-8-14-22(19)26(27)30/h1-16,23-24,26H/p+1/t23-,24+,26-/m1/s1. The molecular weight excluding hydrogens is 382 g/mol. The first-order valence-electron chi connectivity index (χ1n) is 10.3. The molecule has 1 N–H and O–H groups in total. The van der Waals surface area contributed by atoms with E-state index in [9.17, 15) is 15.3 Å². The van der Waals surface area contributed by atoms with Crippen molar-refractivity contribution in [3.8, 4) is 12.1 Å². The average molecular weight is 402 g/mol. The lowest BCUT2D eigenvalue weighted by Crippen LogP contribution is -3.11. The molecule has 2 heterocycles. The van der Waals surface area contributed by atoms with Crippen LogP contribution in [-0.2, 0) is 0 Å². The van der Waals surface area contributed by atoms with E-state index in [1.165, 1.54) is 0 Å². The van der Waals surface area contributed by atoms with Crippen molar-refractivity contribution in [2.24, 2.45) is 5.41 Å². The fraction of sp³-hybridized carbons (Fsp3) is 0.148. The molecule has 0 aromatic heterocycles. The molecule has 2 aliphatic rings. The van der Waals surface area contributed by atoms with E-state index in [1.807, 2.05) is 85.1 Å². The molecule has 4 heteroatoms. The second-order valence-electron chi connectivity index (χ2n) is 8.08. The predicted molar refractivity (Wildman–Crippen MR) is 117 cm³/mol. The van der Waals surface area contributed by atoms with Crippen molar-refractivity contribution in [2.45, 2.75) is 18.0 Å². The third-order valence-corrected chi connectivity index (χ3v) is 6.60. The molecule has 5 rings (SSSR count). The first-order valence-corrected chi connectivity index (χ1v) is 10.3. The third-order valence-electron chi connectivity index (χ3n) is 6.60. The molecule has 0 bridgehead atoms. The Bertz CT molecular complexity index is 1240. The van der Waals surface area contributed by atoms with Crippen LogP contribution in [0.5, 0.6) is 0 Å². The minimum atomic E-state index is -1.38. The fourth-order valence-electron chi connectivity index (χ4n) is 5.31. The highest BCUT2D eigenvalue weighted by Gasteiger charge is 2.67. The van der Waals surface area contributed by atoms with Crippen molar-refractivity contribution in [1.82, 2.24) is 0 Å². The second kappa shape index (κ2) is 7.36. The van der Waals surface area contributed by atoms with E-state index < -0.39 is 23.4 Å². The number of hydrogen-bond acceptors (Lipinski definition) is 3. The van der Waals surface area contributed by atoms with Gasteiger partial charge < -0.3 is 0 Å². The van der Waals surface area contributed by atoms with Crippen LogP contribution >= 0.6 is 0 Å². The van der Waals surface area contributed by atoms with Gasteiger partial charge in [0.2, 0.25) is 11.2 Å². The molecule has 148 valence electrons. The molecule has 0 amide bonds. The van der Waals surface area contributed by atoms with E-state index >= 15 is 0 Å². The second-order valence-corrected chi connectivity index (χ2v) is 8.08. The minimum Gasteiger partial charge on any atom is -0.291 e. The van der Waals surface area contributed by atoms with E-state index in [0.717, 1.165) is 21.6 Å². The summed E-state index contributed by atoms with van der Waals surface area (Å²) in [5.74, 6) is -0.613. The van der Waals surface area contributed by atoms with Gasteiger partial charge in [-0.15, -0.1) is 0 Å². The van der Waals surface area contributed by atoms with Gasteiger partial charge in [-0.3, -0.25) is 9.69 Å². The lowest BCUT2D eigenvalue weighted by atomic mass is 9.67. The van der Waals surface area contributed by atoms with Crippen LogP contribution in [-0.4, -0.2) is 11.8 Å².